The van der Waals surface area contributed by atoms with E-state index in [0.29, 0.717) is 28.0 Å². The second kappa shape index (κ2) is 10.5. The number of halogens is 6. The molecule has 0 saturated carbocycles. The molecule has 13 heteroatoms. The van der Waals surface area contributed by atoms with Crippen molar-refractivity contribution in [1.29, 1.82) is 0 Å². The van der Waals surface area contributed by atoms with E-state index < -0.39 is 34.3 Å². The normalized spacial score (nSPS) is 11.5. The van der Waals surface area contributed by atoms with Crippen molar-refractivity contribution in [2.75, 3.05) is 5.32 Å². The van der Waals surface area contributed by atoms with Gasteiger partial charge in [-0.3, -0.25) is 9.59 Å². The summed E-state index contributed by atoms with van der Waals surface area (Å²) >= 11 is 15.1. The second-order valence-electron chi connectivity index (χ2n) is 6.76. The van der Waals surface area contributed by atoms with E-state index in [1.165, 1.54) is 24.5 Å². The van der Waals surface area contributed by atoms with Gasteiger partial charge in [-0.25, -0.2) is 15.4 Å². The van der Waals surface area contributed by atoms with Crippen LogP contribution >= 0.6 is 39.1 Å². The third kappa shape index (κ3) is 6.31. The number of pyridine rings is 2. The Morgan fingerprint density at radius 3 is 2.44 bits per heavy atom. The van der Waals surface area contributed by atoms with Crippen LogP contribution in [0.2, 0.25) is 10.0 Å². The molecule has 0 bridgehead atoms. The van der Waals surface area contributed by atoms with E-state index in [0.717, 1.165) is 0 Å². The van der Waals surface area contributed by atoms with Crippen LogP contribution in [-0.4, -0.2) is 28.0 Å². The molecule has 0 aliphatic heterocycles. The maximum atomic E-state index is 12.8. The molecule has 1 aromatic carbocycles. The van der Waals surface area contributed by atoms with Gasteiger partial charge in [0.1, 0.15) is 10.3 Å². The number of hydrogen-bond acceptors (Lipinski definition) is 5. The van der Waals surface area contributed by atoms with E-state index in [2.05, 4.69) is 41.7 Å². The number of aryl methyl sites for hydroxylation is 1. The predicted octanol–water partition coefficient (Wildman–Crippen LogP) is 5.89. The van der Waals surface area contributed by atoms with Crippen LogP contribution in [0.1, 0.15) is 37.5 Å². The summed E-state index contributed by atoms with van der Waals surface area (Å²) in [7, 11) is 0. The molecular formula is C21H13BrCl2F3N5O2. The van der Waals surface area contributed by atoms with E-state index in [1.54, 1.807) is 19.1 Å². The number of anilines is 1. The molecule has 34 heavy (non-hydrogen) atoms. The molecule has 0 spiro atoms. The fourth-order valence-electron chi connectivity index (χ4n) is 2.71. The Morgan fingerprint density at radius 2 is 1.82 bits per heavy atom. The lowest BCUT2D eigenvalue weighted by atomic mass is 10.1. The van der Waals surface area contributed by atoms with Crippen molar-refractivity contribution >= 4 is 62.8 Å². The molecule has 0 fully saturated rings. The fraction of sp³-hybridized carbons (Fsp3) is 0.0952. The molecule has 3 aromatic rings. The maximum Gasteiger partial charge on any atom is 0.417 e. The average Bonchev–Trinajstić information content (AvgIpc) is 2.75. The summed E-state index contributed by atoms with van der Waals surface area (Å²) in [6.07, 6.45) is -1.29. The van der Waals surface area contributed by atoms with Crippen molar-refractivity contribution in [1.82, 2.24) is 15.4 Å². The van der Waals surface area contributed by atoms with Crippen molar-refractivity contribution in [2.45, 2.75) is 13.1 Å². The summed E-state index contributed by atoms with van der Waals surface area (Å²) in [5, 5.41) is 6.03. The summed E-state index contributed by atoms with van der Waals surface area (Å²) in [5.74, 6) is -1.61. The number of nitrogens with zero attached hydrogens (tertiary/aromatic N) is 3. The highest BCUT2D eigenvalue weighted by atomic mass is 79.9. The molecular weight excluding hydrogens is 562 g/mol. The summed E-state index contributed by atoms with van der Waals surface area (Å²) < 4.78 is 39.1. The quantitative estimate of drug-likeness (QED) is 0.226. The number of carbonyl (C=O) groups is 2. The standard InChI is InChI=1S/C21H13BrCl2F3N5O2/c1-10-4-13(23)6-14(19(33)32-30-8-11-2-3-16(22)28-7-11)17(10)31-20(34)18-15(24)5-12(9-29-18)21(25,26)27/h2-9H,1H3,(H,31,34)(H,32,33). The zero-order chi connectivity index (χ0) is 25.0. The van der Waals surface area contributed by atoms with Gasteiger partial charge < -0.3 is 5.32 Å². The second-order valence-corrected chi connectivity index (χ2v) is 8.42. The monoisotopic (exact) mass is 573 g/mol. The van der Waals surface area contributed by atoms with Gasteiger partial charge >= 0.3 is 6.18 Å². The smallest absolute Gasteiger partial charge is 0.320 e. The lowest BCUT2D eigenvalue weighted by molar-refractivity contribution is -0.137. The highest BCUT2D eigenvalue weighted by molar-refractivity contribution is 9.10. The molecule has 0 saturated heterocycles. The summed E-state index contributed by atoms with van der Waals surface area (Å²) in [6, 6.07) is 6.79. The van der Waals surface area contributed by atoms with E-state index in [9.17, 15) is 22.8 Å². The fourth-order valence-corrected chi connectivity index (χ4v) is 3.47. The van der Waals surface area contributed by atoms with E-state index in [-0.39, 0.29) is 16.3 Å². The lowest BCUT2D eigenvalue weighted by Crippen LogP contribution is -2.23. The molecule has 2 N–H and O–H groups in total. The molecule has 7 nitrogen and oxygen atoms in total. The van der Waals surface area contributed by atoms with Gasteiger partial charge in [-0.15, -0.1) is 0 Å². The number of carbonyl (C=O) groups excluding carboxylic acids is 2. The largest absolute Gasteiger partial charge is 0.417 e. The molecule has 0 aliphatic rings. The molecule has 2 heterocycles. The summed E-state index contributed by atoms with van der Waals surface area (Å²) in [6.45, 7) is 1.58. The Labute approximate surface area is 209 Å². The first-order valence-electron chi connectivity index (χ1n) is 9.25. The minimum absolute atomic E-state index is 0.0348. The number of hydrazone groups is 1. The Balaban J connectivity index is 1.84. The third-order valence-electron chi connectivity index (χ3n) is 4.30. The van der Waals surface area contributed by atoms with Crippen LogP contribution in [0, 0.1) is 6.92 Å². The minimum atomic E-state index is -4.67. The Hall–Kier alpha value is -3.02. The molecule has 3 rings (SSSR count). The first-order valence-corrected chi connectivity index (χ1v) is 10.8. The summed E-state index contributed by atoms with van der Waals surface area (Å²) in [5.41, 5.74) is 1.82. The zero-order valence-corrected chi connectivity index (χ0v) is 20.1. The van der Waals surface area contributed by atoms with Crippen LogP contribution in [0.5, 0.6) is 0 Å². The first kappa shape index (κ1) is 25.6. The van der Waals surface area contributed by atoms with Gasteiger partial charge in [-0.1, -0.05) is 23.2 Å². The van der Waals surface area contributed by atoms with Crippen molar-refractivity contribution in [3.8, 4) is 0 Å². The zero-order valence-electron chi connectivity index (χ0n) is 17.0. The summed E-state index contributed by atoms with van der Waals surface area (Å²) in [4.78, 5) is 33.0. The molecule has 2 aromatic heterocycles. The van der Waals surface area contributed by atoms with Crippen molar-refractivity contribution in [3.05, 3.63) is 85.3 Å². The van der Waals surface area contributed by atoms with Crippen LogP contribution in [0.15, 0.2) is 52.4 Å². The average molecular weight is 575 g/mol. The Morgan fingerprint density at radius 1 is 1.09 bits per heavy atom. The van der Waals surface area contributed by atoms with Crippen LogP contribution in [0.3, 0.4) is 0 Å². The van der Waals surface area contributed by atoms with Gasteiger partial charge in [-0.2, -0.15) is 18.3 Å². The van der Waals surface area contributed by atoms with Crippen LogP contribution in [0.25, 0.3) is 0 Å². The molecule has 0 atom stereocenters. The van der Waals surface area contributed by atoms with Gasteiger partial charge in [0.15, 0.2) is 0 Å². The number of nitrogens with one attached hydrogen (secondary N) is 2. The van der Waals surface area contributed by atoms with Gasteiger partial charge in [-0.05, 0) is 58.7 Å². The van der Waals surface area contributed by atoms with E-state index >= 15 is 0 Å². The Kier molecular flexibility index (Phi) is 7.90. The lowest BCUT2D eigenvalue weighted by Gasteiger charge is -2.14. The highest BCUT2D eigenvalue weighted by Crippen LogP contribution is 2.32. The molecule has 0 unspecified atom stereocenters. The van der Waals surface area contributed by atoms with Crippen LogP contribution < -0.4 is 10.7 Å². The van der Waals surface area contributed by atoms with Crippen LogP contribution in [-0.2, 0) is 6.18 Å². The van der Waals surface area contributed by atoms with Gasteiger partial charge in [0.2, 0.25) is 0 Å². The van der Waals surface area contributed by atoms with E-state index in [4.69, 9.17) is 23.2 Å². The van der Waals surface area contributed by atoms with Gasteiger partial charge in [0.05, 0.1) is 28.1 Å². The topological polar surface area (TPSA) is 96.3 Å². The van der Waals surface area contributed by atoms with Crippen molar-refractivity contribution < 1.29 is 22.8 Å². The molecule has 0 radical (unpaired) electrons. The molecule has 2 amide bonds. The van der Waals surface area contributed by atoms with Gasteiger partial charge in [0, 0.05) is 23.0 Å². The molecule has 0 aliphatic carbocycles. The molecule has 176 valence electrons. The van der Waals surface area contributed by atoms with Gasteiger partial charge in [0.25, 0.3) is 11.8 Å². The predicted molar refractivity (Wildman–Crippen MR) is 125 cm³/mol. The number of alkyl halides is 3. The van der Waals surface area contributed by atoms with Crippen molar-refractivity contribution in [2.24, 2.45) is 5.10 Å². The number of hydrogen-bond donors (Lipinski definition) is 2. The number of amides is 2. The number of benzene rings is 1. The number of rotatable bonds is 5. The first-order chi connectivity index (χ1) is 16.0. The SMILES string of the molecule is Cc1cc(Cl)cc(C(=O)NN=Cc2ccc(Br)nc2)c1NC(=O)c1ncc(C(F)(F)F)cc1Cl. The Bertz CT molecular complexity index is 1280. The highest BCUT2D eigenvalue weighted by Gasteiger charge is 2.32. The van der Waals surface area contributed by atoms with E-state index in [1.807, 2.05) is 0 Å². The minimum Gasteiger partial charge on any atom is -0.320 e. The number of aromatic nitrogens is 2. The van der Waals surface area contributed by atoms with Crippen LogP contribution in [0.4, 0.5) is 18.9 Å². The van der Waals surface area contributed by atoms with Crippen molar-refractivity contribution in [3.63, 3.8) is 0 Å². The third-order valence-corrected chi connectivity index (χ3v) is 5.27. The maximum absolute atomic E-state index is 12.8.